The van der Waals surface area contributed by atoms with Gasteiger partial charge in [-0.15, -0.1) is 22.7 Å². The fourth-order valence-electron chi connectivity index (χ4n) is 2.66. The normalized spacial score (nSPS) is 16.7. The Labute approximate surface area is 143 Å². The first-order valence-corrected chi connectivity index (χ1v) is 9.39. The van der Waals surface area contributed by atoms with E-state index in [0.29, 0.717) is 17.3 Å². The van der Waals surface area contributed by atoms with Crippen LogP contribution in [0.1, 0.15) is 38.3 Å². The summed E-state index contributed by atoms with van der Waals surface area (Å²) in [6, 6.07) is 5.82. The Hall–Kier alpha value is -1.66. The predicted octanol–water partition coefficient (Wildman–Crippen LogP) is 3.41. The second-order valence-electron chi connectivity index (χ2n) is 5.84. The number of nitrogens with one attached hydrogen (secondary N) is 1. The lowest BCUT2D eigenvalue weighted by atomic mass is 9.90. The molecule has 0 bridgehead atoms. The Kier molecular flexibility index (Phi) is 5.13. The van der Waals surface area contributed by atoms with Crippen molar-refractivity contribution in [1.82, 2.24) is 5.32 Å². The van der Waals surface area contributed by atoms with Crippen LogP contribution in [0.4, 0.5) is 0 Å². The van der Waals surface area contributed by atoms with Crippen molar-refractivity contribution in [1.29, 1.82) is 0 Å². The number of aryl methyl sites for hydroxylation is 1. The predicted molar refractivity (Wildman–Crippen MR) is 92.0 cm³/mol. The fourth-order valence-corrected chi connectivity index (χ4v) is 4.41. The van der Waals surface area contributed by atoms with Crippen molar-refractivity contribution < 1.29 is 14.3 Å². The second kappa shape index (κ2) is 7.27. The number of amides is 1. The van der Waals surface area contributed by atoms with E-state index in [2.05, 4.69) is 12.2 Å². The van der Waals surface area contributed by atoms with E-state index in [1.54, 1.807) is 11.3 Å². The number of rotatable bonds is 5. The average Bonchev–Trinajstić information content (AvgIpc) is 3.19. The van der Waals surface area contributed by atoms with Crippen LogP contribution in [0.15, 0.2) is 23.6 Å². The van der Waals surface area contributed by atoms with Gasteiger partial charge in [-0.3, -0.25) is 4.79 Å². The maximum Gasteiger partial charge on any atom is 0.348 e. The second-order valence-corrected chi connectivity index (χ2v) is 8.01. The first-order chi connectivity index (χ1) is 11.1. The molecule has 1 aliphatic carbocycles. The summed E-state index contributed by atoms with van der Waals surface area (Å²) in [5, 5.41) is 4.70. The van der Waals surface area contributed by atoms with Crippen LogP contribution in [-0.2, 0) is 28.9 Å². The molecule has 4 nitrogen and oxygen atoms in total. The van der Waals surface area contributed by atoms with Gasteiger partial charge < -0.3 is 10.1 Å². The summed E-state index contributed by atoms with van der Waals surface area (Å²) in [4.78, 5) is 26.8. The van der Waals surface area contributed by atoms with E-state index in [1.165, 1.54) is 28.2 Å². The highest BCUT2D eigenvalue weighted by molar-refractivity contribution is 7.14. The zero-order chi connectivity index (χ0) is 16.2. The summed E-state index contributed by atoms with van der Waals surface area (Å²) in [5.74, 6) is -0.00554. The van der Waals surface area contributed by atoms with E-state index < -0.39 is 5.97 Å². The van der Waals surface area contributed by atoms with Gasteiger partial charge >= 0.3 is 5.97 Å². The van der Waals surface area contributed by atoms with Gasteiger partial charge in [0.05, 0.1) is 6.54 Å². The quantitative estimate of drug-likeness (QED) is 0.842. The Balaban J connectivity index is 1.48. The highest BCUT2D eigenvalue weighted by Crippen LogP contribution is 2.32. The summed E-state index contributed by atoms with van der Waals surface area (Å²) in [5.41, 5.74) is 1.27. The fraction of sp³-hybridized carbons (Fsp3) is 0.412. The van der Waals surface area contributed by atoms with Gasteiger partial charge in [0.1, 0.15) is 4.88 Å². The third-order valence-corrected chi connectivity index (χ3v) is 6.00. The highest BCUT2D eigenvalue weighted by atomic mass is 32.1. The molecule has 0 spiro atoms. The molecule has 0 aromatic carbocycles. The van der Waals surface area contributed by atoms with Gasteiger partial charge in [0.2, 0.25) is 0 Å². The van der Waals surface area contributed by atoms with Gasteiger partial charge in [-0.05, 0) is 48.3 Å². The van der Waals surface area contributed by atoms with Gasteiger partial charge in [-0.2, -0.15) is 0 Å². The van der Waals surface area contributed by atoms with Crippen LogP contribution in [-0.4, -0.2) is 18.5 Å². The molecule has 0 saturated carbocycles. The number of thiophene rings is 2. The van der Waals surface area contributed by atoms with Crippen LogP contribution >= 0.6 is 22.7 Å². The minimum absolute atomic E-state index is 0.233. The molecule has 1 atom stereocenters. The van der Waals surface area contributed by atoms with Crippen LogP contribution in [0.5, 0.6) is 0 Å². The molecular weight excluding hydrogens is 330 g/mol. The number of esters is 1. The Morgan fingerprint density at radius 3 is 3.09 bits per heavy atom. The zero-order valence-electron chi connectivity index (χ0n) is 13.0. The molecule has 1 amide bonds. The third-order valence-electron chi connectivity index (χ3n) is 3.90. The SMILES string of the molecule is CC1CCc2sc(C(=O)OCC(=O)NCc3cccs3)cc2C1. The van der Waals surface area contributed by atoms with E-state index in [9.17, 15) is 9.59 Å². The van der Waals surface area contributed by atoms with E-state index in [1.807, 2.05) is 23.6 Å². The van der Waals surface area contributed by atoms with Crippen LogP contribution < -0.4 is 5.32 Å². The smallest absolute Gasteiger partial charge is 0.348 e. The molecule has 2 aromatic rings. The maximum absolute atomic E-state index is 12.1. The third kappa shape index (κ3) is 4.20. The summed E-state index contributed by atoms with van der Waals surface area (Å²) >= 11 is 3.08. The standard InChI is InChI=1S/C17H19NO3S2/c1-11-4-5-14-12(7-11)8-15(23-14)17(20)21-10-16(19)18-9-13-3-2-6-22-13/h2-3,6,8,11H,4-5,7,9-10H2,1H3,(H,18,19). The minimum atomic E-state index is -0.400. The molecule has 0 radical (unpaired) electrons. The molecular formula is C17H19NO3S2. The van der Waals surface area contributed by atoms with Crippen molar-refractivity contribution in [2.75, 3.05) is 6.61 Å². The topological polar surface area (TPSA) is 55.4 Å². The molecule has 122 valence electrons. The van der Waals surface area contributed by atoms with Gasteiger partial charge in [0.25, 0.3) is 5.91 Å². The van der Waals surface area contributed by atoms with E-state index in [0.717, 1.165) is 17.7 Å². The molecule has 0 saturated heterocycles. The first-order valence-electron chi connectivity index (χ1n) is 7.69. The van der Waals surface area contributed by atoms with Gasteiger partial charge in [0.15, 0.2) is 6.61 Å². The molecule has 3 rings (SSSR count). The molecule has 0 aliphatic heterocycles. The molecule has 1 N–H and O–H groups in total. The molecule has 1 unspecified atom stereocenters. The summed E-state index contributed by atoms with van der Waals surface area (Å²) in [6.45, 7) is 2.47. The number of hydrogen-bond acceptors (Lipinski definition) is 5. The lowest BCUT2D eigenvalue weighted by Crippen LogP contribution is -2.27. The lowest BCUT2D eigenvalue weighted by molar-refractivity contribution is -0.124. The van der Waals surface area contributed by atoms with Crippen molar-refractivity contribution in [2.24, 2.45) is 5.92 Å². The van der Waals surface area contributed by atoms with Crippen molar-refractivity contribution >= 4 is 34.6 Å². The minimum Gasteiger partial charge on any atom is -0.451 e. The summed E-state index contributed by atoms with van der Waals surface area (Å²) in [6.07, 6.45) is 3.24. The van der Waals surface area contributed by atoms with Crippen molar-refractivity contribution in [3.8, 4) is 0 Å². The average molecular weight is 349 g/mol. The zero-order valence-corrected chi connectivity index (χ0v) is 14.6. The Morgan fingerprint density at radius 2 is 2.30 bits per heavy atom. The Morgan fingerprint density at radius 1 is 1.43 bits per heavy atom. The van der Waals surface area contributed by atoms with Crippen LogP contribution in [0, 0.1) is 5.92 Å². The maximum atomic E-state index is 12.1. The number of carbonyl (C=O) groups is 2. The molecule has 2 heterocycles. The van der Waals surface area contributed by atoms with E-state index in [-0.39, 0.29) is 12.5 Å². The number of carbonyl (C=O) groups excluding carboxylic acids is 2. The number of hydrogen-bond donors (Lipinski definition) is 1. The molecule has 6 heteroatoms. The number of ether oxygens (including phenoxy) is 1. The molecule has 1 aliphatic rings. The van der Waals surface area contributed by atoms with Crippen molar-refractivity contribution in [3.63, 3.8) is 0 Å². The highest BCUT2D eigenvalue weighted by Gasteiger charge is 2.21. The summed E-state index contributed by atoms with van der Waals surface area (Å²) in [7, 11) is 0. The number of fused-ring (bicyclic) bond motifs is 1. The van der Waals surface area contributed by atoms with E-state index >= 15 is 0 Å². The molecule has 2 aromatic heterocycles. The van der Waals surface area contributed by atoms with E-state index in [4.69, 9.17) is 4.74 Å². The summed E-state index contributed by atoms with van der Waals surface area (Å²) < 4.78 is 5.13. The van der Waals surface area contributed by atoms with Crippen LogP contribution in [0.2, 0.25) is 0 Å². The first kappa shape index (κ1) is 16.2. The van der Waals surface area contributed by atoms with Crippen LogP contribution in [0.3, 0.4) is 0 Å². The van der Waals surface area contributed by atoms with Gasteiger partial charge in [0, 0.05) is 9.75 Å². The van der Waals surface area contributed by atoms with Gasteiger partial charge in [-0.25, -0.2) is 4.79 Å². The van der Waals surface area contributed by atoms with Crippen molar-refractivity contribution in [3.05, 3.63) is 43.8 Å². The van der Waals surface area contributed by atoms with Crippen molar-refractivity contribution in [2.45, 2.75) is 32.7 Å². The molecule has 0 fully saturated rings. The van der Waals surface area contributed by atoms with Gasteiger partial charge in [-0.1, -0.05) is 13.0 Å². The molecule has 23 heavy (non-hydrogen) atoms. The lowest BCUT2D eigenvalue weighted by Gasteiger charge is -2.16. The Bertz CT molecular complexity index is 691. The largest absolute Gasteiger partial charge is 0.451 e. The monoisotopic (exact) mass is 349 g/mol. The van der Waals surface area contributed by atoms with Crippen LogP contribution in [0.25, 0.3) is 0 Å².